The molecule has 4 heteroatoms. The van der Waals surface area contributed by atoms with E-state index in [4.69, 9.17) is 16.6 Å². The average Bonchev–Trinajstić information content (AvgIpc) is 2.53. The summed E-state index contributed by atoms with van der Waals surface area (Å²) < 4.78 is 0. The van der Waals surface area contributed by atoms with Gasteiger partial charge in [-0.05, 0) is 74.5 Å². The molecule has 130 valence electrons. The Balaban J connectivity index is 2.30. The molecule has 0 saturated heterocycles. The number of pyridine rings is 1. The Morgan fingerprint density at radius 2 is 1.80 bits per heavy atom. The lowest BCUT2D eigenvalue weighted by atomic mass is 9.89. The molecular weight excluding hydrogens is 332 g/mol. The third-order valence-corrected chi connectivity index (χ3v) is 4.58. The molecule has 0 aliphatic heterocycles. The summed E-state index contributed by atoms with van der Waals surface area (Å²) in [7, 11) is 4.07. The van der Waals surface area contributed by atoms with E-state index in [2.05, 4.69) is 23.1 Å². The van der Waals surface area contributed by atoms with Crippen LogP contribution in [0.15, 0.2) is 42.5 Å². The number of hydrogen-bond donors (Lipinski definition) is 1. The molecule has 0 bridgehead atoms. The number of rotatable bonds is 4. The number of aliphatic hydroxyl groups is 1. The highest BCUT2D eigenvalue weighted by molar-refractivity contribution is 6.30. The van der Waals surface area contributed by atoms with Crippen LogP contribution in [-0.2, 0) is 6.54 Å². The summed E-state index contributed by atoms with van der Waals surface area (Å²) in [4.78, 5) is 6.93. The van der Waals surface area contributed by atoms with E-state index in [1.165, 1.54) is 0 Å². The maximum Gasteiger partial charge on any atom is 0.0770 e. The van der Waals surface area contributed by atoms with Crippen molar-refractivity contribution < 1.29 is 5.11 Å². The van der Waals surface area contributed by atoms with E-state index in [9.17, 15) is 5.11 Å². The van der Waals surface area contributed by atoms with Crippen molar-refractivity contribution in [3.8, 4) is 11.1 Å². The van der Waals surface area contributed by atoms with Crippen LogP contribution in [0.4, 0.5) is 0 Å². The number of benzene rings is 2. The average molecular weight is 355 g/mol. The molecule has 1 unspecified atom stereocenters. The van der Waals surface area contributed by atoms with E-state index in [1.807, 2.05) is 45.3 Å². The zero-order chi connectivity index (χ0) is 18.1. The molecule has 1 heterocycles. The molecule has 3 nitrogen and oxygen atoms in total. The Bertz CT molecular complexity index is 902. The van der Waals surface area contributed by atoms with Crippen LogP contribution in [0.5, 0.6) is 0 Å². The second-order valence-corrected chi connectivity index (χ2v) is 7.21. The van der Waals surface area contributed by atoms with Gasteiger partial charge in [0.15, 0.2) is 0 Å². The van der Waals surface area contributed by atoms with Crippen LogP contribution >= 0.6 is 11.6 Å². The van der Waals surface area contributed by atoms with Gasteiger partial charge < -0.3 is 10.0 Å². The highest BCUT2D eigenvalue weighted by Crippen LogP contribution is 2.37. The molecule has 0 aliphatic rings. The Hall–Kier alpha value is -1.94. The van der Waals surface area contributed by atoms with Gasteiger partial charge in [0.1, 0.15) is 0 Å². The lowest BCUT2D eigenvalue weighted by Gasteiger charge is -2.19. The summed E-state index contributed by atoms with van der Waals surface area (Å²) in [6, 6.07) is 14.0. The summed E-state index contributed by atoms with van der Waals surface area (Å²) >= 11 is 6.05. The third-order valence-electron chi connectivity index (χ3n) is 4.33. The van der Waals surface area contributed by atoms with Gasteiger partial charge in [-0.3, -0.25) is 4.98 Å². The van der Waals surface area contributed by atoms with Crippen molar-refractivity contribution in [3.63, 3.8) is 0 Å². The zero-order valence-electron chi connectivity index (χ0n) is 15.0. The van der Waals surface area contributed by atoms with Crippen molar-refractivity contribution in [1.29, 1.82) is 0 Å². The standard InChI is InChI=1S/C21H23ClN2O/c1-13-11-19-18(10-9-17(23-19)12-24(3)4)21(20(13)14(2)25)15-5-7-16(22)8-6-15/h5-11,14,25H,12H2,1-4H3. The molecule has 3 rings (SSSR count). The fourth-order valence-electron chi connectivity index (χ4n) is 3.34. The first-order valence-corrected chi connectivity index (χ1v) is 8.76. The number of nitrogens with zero attached hydrogens (tertiary/aromatic N) is 2. The molecule has 2 aromatic carbocycles. The smallest absolute Gasteiger partial charge is 0.0770 e. The van der Waals surface area contributed by atoms with Crippen LogP contribution in [0.25, 0.3) is 22.0 Å². The maximum absolute atomic E-state index is 10.4. The summed E-state index contributed by atoms with van der Waals surface area (Å²) in [6.07, 6.45) is -0.559. The predicted octanol–water partition coefficient (Wildman–Crippen LogP) is 4.98. The second-order valence-electron chi connectivity index (χ2n) is 6.77. The topological polar surface area (TPSA) is 36.4 Å². The largest absolute Gasteiger partial charge is 0.389 e. The molecule has 3 aromatic rings. The van der Waals surface area contributed by atoms with Crippen molar-refractivity contribution in [3.05, 3.63) is 64.3 Å². The van der Waals surface area contributed by atoms with E-state index in [0.29, 0.717) is 5.02 Å². The normalized spacial score (nSPS) is 12.8. The fraction of sp³-hybridized carbons (Fsp3) is 0.286. The van der Waals surface area contributed by atoms with Crippen LogP contribution in [0.3, 0.4) is 0 Å². The first kappa shape index (κ1) is 17.9. The predicted molar refractivity (Wildman–Crippen MR) is 105 cm³/mol. The maximum atomic E-state index is 10.4. The van der Waals surface area contributed by atoms with E-state index in [0.717, 1.165) is 45.4 Å². The molecule has 0 amide bonds. The third kappa shape index (κ3) is 3.69. The number of aromatic nitrogens is 1. The summed E-state index contributed by atoms with van der Waals surface area (Å²) in [5, 5.41) is 12.1. The fourth-order valence-corrected chi connectivity index (χ4v) is 3.47. The molecule has 25 heavy (non-hydrogen) atoms. The molecule has 1 atom stereocenters. The van der Waals surface area contributed by atoms with E-state index >= 15 is 0 Å². The summed E-state index contributed by atoms with van der Waals surface area (Å²) in [6.45, 7) is 4.63. The molecule has 1 aromatic heterocycles. The SMILES string of the molecule is Cc1cc2nc(CN(C)C)ccc2c(-c2ccc(Cl)cc2)c1C(C)O. The molecule has 0 aliphatic carbocycles. The summed E-state index contributed by atoms with van der Waals surface area (Å²) in [5.74, 6) is 0. The Morgan fingerprint density at radius 3 is 2.40 bits per heavy atom. The number of hydrogen-bond acceptors (Lipinski definition) is 3. The quantitative estimate of drug-likeness (QED) is 0.717. The van der Waals surface area contributed by atoms with E-state index < -0.39 is 6.10 Å². The number of fused-ring (bicyclic) bond motifs is 1. The van der Waals surface area contributed by atoms with Crippen LogP contribution in [0.2, 0.25) is 5.02 Å². The van der Waals surface area contributed by atoms with Crippen LogP contribution < -0.4 is 0 Å². The van der Waals surface area contributed by atoms with Gasteiger partial charge in [0.25, 0.3) is 0 Å². The minimum absolute atomic E-state index is 0.559. The van der Waals surface area contributed by atoms with Crippen molar-refractivity contribution in [2.75, 3.05) is 14.1 Å². The molecule has 0 saturated carbocycles. The lowest BCUT2D eigenvalue weighted by molar-refractivity contribution is 0.199. The number of halogens is 1. The second kappa shape index (κ2) is 7.12. The minimum atomic E-state index is -0.559. The van der Waals surface area contributed by atoms with Gasteiger partial charge >= 0.3 is 0 Å². The highest BCUT2D eigenvalue weighted by atomic mass is 35.5. The van der Waals surface area contributed by atoms with Gasteiger partial charge in [-0.1, -0.05) is 29.8 Å². The minimum Gasteiger partial charge on any atom is -0.389 e. The van der Waals surface area contributed by atoms with E-state index in [-0.39, 0.29) is 0 Å². The van der Waals surface area contributed by atoms with Gasteiger partial charge in [-0.25, -0.2) is 0 Å². The molecule has 0 fully saturated rings. The zero-order valence-corrected chi connectivity index (χ0v) is 15.8. The molecule has 1 N–H and O–H groups in total. The summed E-state index contributed by atoms with van der Waals surface area (Å²) in [5.41, 5.74) is 6.04. The monoisotopic (exact) mass is 354 g/mol. The number of aliphatic hydroxyl groups excluding tert-OH is 1. The highest BCUT2D eigenvalue weighted by Gasteiger charge is 2.17. The van der Waals surface area contributed by atoms with E-state index in [1.54, 1.807) is 6.92 Å². The first-order valence-electron chi connectivity index (χ1n) is 8.38. The molecule has 0 radical (unpaired) electrons. The van der Waals surface area contributed by atoms with Gasteiger partial charge in [0.2, 0.25) is 0 Å². The molecular formula is C21H23ClN2O. The van der Waals surface area contributed by atoms with Gasteiger partial charge in [0, 0.05) is 17.0 Å². The lowest BCUT2D eigenvalue weighted by Crippen LogP contribution is -2.12. The number of aryl methyl sites for hydroxylation is 1. The van der Waals surface area contributed by atoms with Crippen LogP contribution in [0.1, 0.15) is 29.8 Å². The molecule has 0 spiro atoms. The van der Waals surface area contributed by atoms with Gasteiger partial charge in [0.05, 0.1) is 17.3 Å². The van der Waals surface area contributed by atoms with Gasteiger partial charge in [-0.2, -0.15) is 0 Å². The Labute approximate surface area is 153 Å². The first-order chi connectivity index (χ1) is 11.9. The van der Waals surface area contributed by atoms with Crippen molar-refractivity contribution in [2.45, 2.75) is 26.5 Å². The van der Waals surface area contributed by atoms with Crippen LogP contribution in [-0.4, -0.2) is 29.1 Å². The Kier molecular flexibility index (Phi) is 5.09. The van der Waals surface area contributed by atoms with Crippen LogP contribution in [0, 0.1) is 6.92 Å². The van der Waals surface area contributed by atoms with Crippen molar-refractivity contribution in [1.82, 2.24) is 9.88 Å². The van der Waals surface area contributed by atoms with Crippen molar-refractivity contribution >= 4 is 22.5 Å². The van der Waals surface area contributed by atoms with Crippen molar-refractivity contribution in [2.24, 2.45) is 0 Å². The van der Waals surface area contributed by atoms with Gasteiger partial charge in [-0.15, -0.1) is 0 Å². The Morgan fingerprint density at radius 1 is 1.12 bits per heavy atom.